The average Bonchev–Trinajstić information content (AvgIpc) is 3.27. The van der Waals surface area contributed by atoms with Crippen LogP contribution in [0.5, 0.6) is 17.2 Å². The Kier molecular flexibility index (Phi) is 6.71. The second-order valence-corrected chi connectivity index (χ2v) is 8.33. The lowest BCUT2D eigenvalue weighted by molar-refractivity contribution is 0.0977. The monoisotopic (exact) mass is 479 g/mol. The third-order valence-electron chi connectivity index (χ3n) is 4.82. The molecule has 1 heterocycles. The van der Waals surface area contributed by atoms with E-state index < -0.39 is 5.91 Å². The van der Waals surface area contributed by atoms with Crippen LogP contribution in [0.3, 0.4) is 0 Å². The van der Waals surface area contributed by atoms with Gasteiger partial charge in [-0.2, -0.15) is 0 Å². The quantitative estimate of drug-likeness (QED) is 0.372. The molecule has 0 bridgehead atoms. The summed E-state index contributed by atoms with van der Waals surface area (Å²) in [5.74, 6) is 0.756. The summed E-state index contributed by atoms with van der Waals surface area (Å²) in [4.78, 5) is 17.5. The van der Waals surface area contributed by atoms with Gasteiger partial charge in [0.1, 0.15) is 5.01 Å². The highest BCUT2D eigenvalue weighted by Crippen LogP contribution is 2.38. The van der Waals surface area contributed by atoms with E-state index in [1.165, 1.54) is 21.3 Å². The topological polar surface area (TPSA) is 81.7 Å². The van der Waals surface area contributed by atoms with Crippen LogP contribution in [-0.2, 0) is 0 Å². The molecular weight excluding hydrogens is 458 g/mol. The van der Waals surface area contributed by atoms with Crippen LogP contribution in [0.2, 0.25) is 0 Å². The molecule has 3 aromatic carbocycles. The van der Waals surface area contributed by atoms with Crippen LogP contribution in [0.25, 0.3) is 20.8 Å². The van der Waals surface area contributed by atoms with Crippen LogP contribution in [0.15, 0.2) is 60.7 Å². The lowest BCUT2D eigenvalue weighted by atomic mass is 10.1. The Morgan fingerprint density at radius 1 is 0.939 bits per heavy atom. The molecule has 0 atom stereocenters. The molecule has 0 aliphatic carbocycles. The van der Waals surface area contributed by atoms with Gasteiger partial charge >= 0.3 is 0 Å². The van der Waals surface area contributed by atoms with Crippen molar-refractivity contribution >= 4 is 50.5 Å². The van der Waals surface area contributed by atoms with Gasteiger partial charge in [-0.1, -0.05) is 24.3 Å². The molecule has 0 aliphatic rings. The van der Waals surface area contributed by atoms with Crippen molar-refractivity contribution in [3.8, 4) is 27.8 Å². The van der Waals surface area contributed by atoms with Gasteiger partial charge in [0, 0.05) is 16.8 Å². The van der Waals surface area contributed by atoms with Crippen LogP contribution in [0, 0.1) is 0 Å². The van der Waals surface area contributed by atoms with E-state index in [1.807, 2.05) is 48.5 Å². The minimum Gasteiger partial charge on any atom is -0.493 e. The van der Waals surface area contributed by atoms with Crippen molar-refractivity contribution in [3.63, 3.8) is 0 Å². The van der Waals surface area contributed by atoms with E-state index in [1.54, 1.807) is 23.5 Å². The number of ether oxygens (including phenoxy) is 3. The van der Waals surface area contributed by atoms with Crippen molar-refractivity contribution < 1.29 is 19.0 Å². The second kappa shape index (κ2) is 9.85. The van der Waals surface area contributed by atoms with Crippen molar-refractivity contribution in [2.24, 2.45) is 0 Å². The Bertz CT molecular complexity index is 1280. The van der Waals surface area contributed by atoms with E-state index in [9.17, 15) is 4.79 Å². The molecule has 0 unspecified atom stereocenters. The minimum absolute atomic E-state index is 0.162. The lowest BCUT2D eigenvalue weighted by Gasteiger charge is -2.15. The number of aromatic nitrogens is 1. The minimum atomic E-state index is -0.408. The van der Waals surface area contributed by atoms with Gasteiger partial charge in [0.05, 0.1) is 31.5 Å². The van der Waals surface area contributed by atoms with E-state index in [4.69, 9.17) is 31.4 Å². The van der Waals surface area contributed by atoms with Crippen LogP contribution < -0.4 is 24.8 Å². The number of hydrogen-bond donors (Lipinski definition) is 2. The molecule has 0 saturated carbocycles. The summed E-state index contributed by atoms with van der Waals surface area (Å²) in [6, 6.07) is 18.8. The number of para-hydroxylation sites is 1. The Hall–Kier alpha value is -3.69. The number of carbonyl (C=O) groups excluding carboxylic acids is 1. The van der Waals surface area contributed by atoms with Gasteiger partial charge in [0.25, 0.3) is 5.91 Å². The molecule has 168 valence electrons. The summed E-state index contributed by atoms with van der Waals surface area (Å²) >= 11 is 6.97. The van der Waals surface area contributed by atoms with E-state index in [2.05, 4.69) is 10.6 Å². The molecule has 0 spiro atoms. The van der Waals surface area contributed by atoms with Crippen molar-refractivity contribution in [2.45, 2.75) is 0 Å². The molecule has 0 radical (unpaired) electrons. The Morgan fingerprint density at radius 2 is 1.67 bits per heavy atom. The molecule has 1 amide bonds. The molecule has 0 saturated heterocycles. The first-order valence-electron chi connectivity index (χ1n) is 9.90. The predicted molar refractivity (Wildman–Crippen MR) is 135 cm³/mol. The van der Waals surface area contributed by atoms with Crippen LogP contribution in [-0.4, -0.2) is 37.3 Å². The Labute approximate surface area is 200 Å². The zero-order valence-corrected chi connectivity index (χ0v) is 19.8. The fourth-order valence-electron chi connectivity index (χ4n) is 3.28. The number of anilines is 1. The third-order valence-corrected chi connectivity index (χ3v) is 6.10. The molecule has 33 heavy (non-hydrogen) atoms. The van der Waals surface area contributed by atoms with Gasteiger partial charge in [-0.25, -0.2) is 4.98 Å². The van der Waals surface area contributed by atoms with Crippen LogP contribution >= 0.6 is 23.6 Å². The lowest BCUT2D eigenvalue weighted by Crippen LogP contribution is -2.34. The molecule has 9 heteroatoms. The zero-order valence-electron chi connectivity index (χ0n) is 18.2. The number of nitrogens with one attached hydrogen (secondary N) is 2. The maximum Gasteiger partial charge on any atom is 0.257 e. The molecule has 4 rings (SSSR count). The van der Waals surface area contributed by atoms with E-state index in [0.29, 0.717) is 22.8 Å². The summed E-state index contributed by atoms with van der Waals surface area (Å²) in [6.45, 7) is 0. The number of thiazole rings is 1. The van der Waals surface area contributed by atoms with Gasteiger partial charge in [0.2, 0.25) is 5.75 Å². The number of methoxy groups -OCH3 is 3. The fraction of sp³-hybridized carbons (Fsp3) is 0.125. The summed E-state index contributed by atoms with van der Waals surface area (Å²) < 4.78 is 17.0. The van der Waals surface area contributed by atoms with E-state index >= 15 is 0 Å². The van der Waals surface area contributed by atoms with E-state index in [0.717, 1.165) is 26.5 Å². The number of nitrogens with zero attached hydrogens (tertiary/aromatic N) is 1. The van der Waals surface area contributed by atoms with Gasteiger partial charge in [-0.05, 0) is 48.6 Å². The highest BCUT2D eigenvalue weighted by molar-refractivity contribution is 7.80. The smallest absolute Gasteiger partial charge is 0.257 e. The number of rotatable bonds is 6. The summed E-state index contributed by atoms with van der Waals surface area (Å²) in [7, 11) is 4.48. The molecular formula is C24H21N3O4S2. The largest absolute Gasteiger partial charge is 0.493 e. The number of amides is 1. The van der Waals surface area contributed by atoms with Gasteiger partial charge < -0.3 is 19.5 Å². The van der Waals surface area contributed by atoms with Gasteiger partial charge in [-0.15, -0.1) is 11.3 Å². The second-order valence-electron chi connectivity index (χ2n) is 6.89. The van der Waals surface area contributed by atoms with Crippen molar-refractivity contribution in [3.05, 3.63) is 66.2 Å². The van der Waals surface area contributed by atoms with Gasteiger partial charge in [-0.3, -0.25) is 10.1 Å². The maximum absolute atomic E-state index is 12.8. The Balaban J connectivity index is 1.49. The van der Waals surface area contributed by atoms with Crippen LogP contribution in [0.4, 0.5) is 5.69 Å². The SMILES string of the molecule is COc1cc(C(=O)NC(=S)Nc2cccc(-c3nc4ccccc4s3)c2)cc(OC)c1OC. The molecule has 1 aromatic heterocycles. The standard InChI is InChI=1S/C24H21N3O4S2/c1-29-18-12-15(13-19(30-2)21(18)31-3)22(28)27-24(32)25-16-8-6-7-14(11-16)23-26-17-9-4-5-10-20(17)33-23/h4-13H,1-3H3,(H2,25,27,28,32). The fourth-order valence-corrected chi connectivity index (χ4v) is 4.45. The Morgan fingerprint density at radius 3 is 2.33 bits per heavy atom. The molecule has 7 nitrogen and oxygen atoms in total. The first-order valence-corrected chi connectivity index (χ1v) is 11.1. The molecule has 0 aliphatic heterocycles. The first-order chi connectivity index (χ1) is 16.0. The summed E-state index contributed by atoms with van der Waals surface area (Å²) in [6.07, 6.45) is 0. The maximum atomic E-state index is 12.8. The zero-order chi connectivity index (χ0) is 23.4. The number of carbonyl (C=O) groups is 1. The van der Waals surface area contributed by atoms with Crippen molar-refractivity contribution in [2.75, 3.05) is 26.6 Å². The first kappa shape index (κ1) is 22.5. The predicted octanol–water partition coefficient (Wildman–Crippen LogP) is 5.12. The van der Waals surface area contributed by atoms with Crippen molar-refractivity contribution in [1.29, 1.82) is 0 Å². The van der Waals surface area contributed by atoms with Crippen molar-refractivity contribution in [1.82, 2.24) is 10.3 Å². The van der Waals surface area contributed by atoms with Crippen LogP contribution in [0.1, 0.15) is 10.4 Å². The summed E-state index contributed by atoms with van der Waals surface area (Å²) in [5.41, 5.74) is 2.97. The number of hydrogen-bond acceptors (Lipinski definition) is 7. The average molecular weight is 480 g/mol. The molecule has 2 N–H and O–H groups in total. The third kappa shape index (κ3) is 4.89. The normalized spacial score (nSPS) is 10.5. The molecule has 0 fully saturated rings. The highest BCUT2D eigenvalue weighted by atomic mass is 32.1. The van der Waals surface area contributed by atoms with Gasteiger partial charge in [0.15, 0.2) is 16.6 Å². The summed E-state index contributed by atoms with van der Waals surface area (Å²) in [5, 5.41) is 6.81. The number of fused-ring (bicyclic) bond motifs is 1. The highest BCUT2D eigenvalue weighted by Gasteiger charge is 2.18. The number of thiocarbonyl (C=S) groups is 1. The molecule has 4 aromatic rings. The van der Waals surface area contributed by atoms with E-state index in [-0.39, 0.29) is 5.11 Å². The number of benzene rings is 3.